The third-order valence-corrected chi connectivity index (χ3v) is 4.12. The van der Waals surface area contributed by atoms with Gasteiger partial charge in [0.2, 0.25) is 0 Å². The minimum Gasteiger partial charge on any atom is -0.492 e. The Bertz CT molecular complexity index is 628. The van der Waals surface area contributed by atoms with E-state index >= 15 is 0 Å². The summed E-state index contributed by atoms with van der Waals surface area (Å²) < 4.78 is 11.2. The number of hydrogen-bond acceptors (Lipinski definition) is 3. The molecule has 1 aromatic heterocycles. The number of fused-ring (bicyclic) bond motifs is 1. The van der Waals surface area contributed by atoms with Crippen LogP contribution < -0.4 is 10.5 Å². The number of furan rings is 1. The van der Waals surface area contributed by atoms with Gasteiger partial charge in [-0.2, -0.15) is 0 Å². The molecule has 1 atom stereocenters. The van der Waals surface area contributed by atoms with Crippen molar-refractivity contribution in [3.63, 3.8) is 0 Å². The predicted molar refractivity (Wildman–Crippen MR) is 79.1 cm³/mol. The highest BCUT2D eigenvalue weighted by Crippen LogP contribution is 2.40. The lowest BCUT2D eigenvalue weighted by atomic mass is 9.85. The molecule has 1 aliphatic heterocycles. The Hall–Kier alpha value is -1.74. The molecule has 0 amide bonds. The summed E-state index contributed by atoms with van der Waals surface area (Å²) in [4.78, 5) is 0. The van der Waals surface area contributed by atoms with E-state index in [-0.39, 0.29) is 11.5 Å². The topological polar surface area (TPSA) is 48.4 Å². The first-order valence-electron chi connectivity index (χ1n) is 7.12. The molecule has 3 rings (SSSR count). The molecule has 0 fully saturated rings. The highest BCUT2D eigenvalue weighted by molar-refractivity contribution is 5.47. The van der Waals surface area contributed by atoms with Crippen LogP contribution in [-0.2, 0) is 11.8 Å². The van der Waals surface area contributed by atoms with Gasteiger partial charge in [-0.15, -0.1) is 0 Å². The molecule has 0 saturated heterocycles. The van der Waals surface area contributed by atoms with Crippen LogP contribution in [0.3, 0.4) is 0 Å². The van der Waals surface area contributed by atoms with Crippen molar-refractivity contribution in [1.29, 1.82) is 0 Å². The van der Waals surface area contributed by atoms with Crippen LogP contribution >= 0.6 is 0 Å². The van der Waals surface area contributed by atoms with E-state index in [4.69, 9.17) is 14.9 Å². The third kappa shape index (κ3) is 2.02. The lowest BCUT2D eigenvalue weighted by Crippen LogP contribution is -2.19. The average molecular weight is 271 g/mol. The number of benzene rings is 1. The zero-order chi connectivity index (χ0) is 14.3. The Morgan fingerprint density at radius 2 is 2.10 bits per heavy atom. The first-order chi connectivity index (χ1) is 9.53. The molecule has 0 bridgehead atoms. The molecule has 1 aliphatic rings. The van der Waals surface area contributed by atoms with Crippen LogP contribution in [0.2, 0.25) is 0 Å². The first-order valence-corrected chi connectivity index (χ1v) is 7.12. The second-order valence-corrected chi connectivity index (χ2v) is 6.06. The van der Waals surface area contributed by atoms with E-state index in [9.17, 15) is 0 Å². The molecule has 3 nitrogen and oxygen atoms in total. The molecule has 2 aromatic rings. The van der Waals surface area contributed by atoms with Crippen molar-refractivity contribution in [2.75, 3.05) is 6.61 Å². The molecule has 0 saturated carbocycles. The molecule has 1 unspecified atom stereocenters. The average Bonchev–Trinajstić information content (AvgIpc) is 3.03. The van der Waals surface area contributed by atoms with Gasteiger partial charge in [0.15, 0.2) is 0 Å². The molecule has 2 N–H and O–H groups in total. The van der Waals surface area contributed by atoms with E-state index in [2.05, 4.69) is 32.9 Å². The van der Waals surface area contributed by atoms with Gasteiger partial charge in [0, 0.05) is 23.0 Å². The van der Waals surface area contributed by atoms with E-state index in [1.807, 2.05) is 12.1 Å². The highest BCUT2D eigenvalue weighted by atomic mass is 16.5. The second kappa shape index (κ2) is 4.67. The number of ether oxygens (including phenoxy) is 1. The fraction of sp³-hybridized carbons (Fsp3) is 0.412. The smallest absolute Gasteiger partial charge is 0.123 e. The zero-order valence-corrected chi connectivity index (χ0v) is 12.3. The highest BCUT2D eigenvalue weighted by Gasteiger charge is 2.32. The minimum absolute atomic E-state index is 0.0506. The van der Waals surface area contributed by atoms with Crippen LogP contribution in [0.1, 0.15) is 49.3 Å². The Morgan fingerprint density at radius 3 is 2.85 bits per heavy atom. The van der Waals surface area contributed by atoms with Crippen molar-refractivity contribution in [2.45, 2.75) is 38.6 Å². The molecule has 3 heteroatoms. The van der Waals surface area contributed by atoms with Gasteiger partial charge in [0.05, 0.1) is 18.9 Å². The number of rotatable bonds is 3. The van der Waals surface area contributed by atoms with Gasteiger partial charge in [-0.25, -0.2) is 0 Å². The van der Waals surface area contributed by atoms with Gasteiger partial charge in [0.1, 0.15) is 11.5 Å². The van der Waals surface area contributed by atoms with Crippen molar-refractivity contribution in [2.24, 2.45) is 5.73 Å². The van der Waals surface area contributed by atoms with Gasteiger partial charge in [-0.1, -0.05) is 26.8 Å². The van der Waals surface area contributed by atoms with Crippen LogP contribution in [0.5, 0.6) is 5.75 Å². The van der Waals surface area contributed by atoms with E-state index in [1.54, 1.807) is 6.26 Å². The summed E-state index contributed by atoms with van der Waals surface area (Å²) in [5.41, 5.74) is 9.90. The van der Waals surface area contributed by atoms with Gasteiger partial charge >= 0.3 is 0 Å². The predicted octanol–water partition coefficient (Wildman–Crippen LogP) is 3.56. The van der Waals surface area contributed by atoms with Crippen molar-refractivity contribution in [3.8, 4) is 5.75 Å². The Labute approximate surface area is 119 Å². The molecule has 0 spiro atoms. The molecular weight excluding hydrogens is 250 g/mol. The zero-order valence-electron chi connectivity index (χ0n) is 12.3. The van der Waals surface area contributed by atoms with Crippen molar-refractivity contribution < 1.29 is 9.15 Å². The number of aryl methyl sites for hydroxylation is 1. The van der Waals surface area contributed by atoms with Crippen LogP contribution in [0.4, 0.5) is 0 Å². The van der Waals surface area contributed by atoms with E-state index in [0.29, 0.717) is 0 Å². The fourth-order valence-electron chi connectivity index (χ4n) is 2.83. The van der Waals surface area contributed by atoms with Crippen molar-refractivity contribution in [3.05, 3.63) is 53.0 Å². The Balaban J connectivity index is 2.00. The van der Waals surface area contributed by atoms with E-state index in [0.717, 1.165) is 35.7 Å². The molecule has 1 aromatic carbocycles. The molecule has 0 aliphatic carbocycles. The first kappa shape index (κ1) is 13.3. The van der Waals surface area contributed by atoms with Gasteiger partial charge in [-0.05, 0) is 23.8 Å². The monoisotopic (exact) mass is 271 g/mol. The second-order valence-electron chi connectivity index (χ2n) is 6.06. The van der Waals surface area contributed by atoms with Gasteiger partial charge < -0.3 is 14.9 Å². The number of nitrogens with two attached hydrogens (primary N) is 1. The fourth-order valence-corrected chi connectivity index (χ4v) is 2.83. The van der Waals surface area contributed by atoms with Crippen LogP contribution in [0.15, 0.2) is 34.9 Å². The van der Waals surface area contributed by atoms with Crippen molar-refractivity contribution in [1.82, 2.24) is 0 Å². The standard InChI is InChI=1S/C17H21NO2/c1-4-14-12(7-8-19-14)16(18)11-5-6-15-13(9-11)17(2,3)10-20-15/h5-9,16H,4,10,18H2,1-3H3. The summed E-state index contributed by atoms with van der Waals surface area (Å²) in [6.07, 6.45) is 2.57. The molecule has 0 radical (unpaired) electrons. The van der Waals surface area contributed by atoms with Crippen LogP contribution in [-0.4, -0.2) is 6.61 Å². The largest absolute Gasteiger partial charge is 0.492 e. The molecule has 106 valence electrons. The van der Waals surface area contributed by atoms with Gasteiger partial charge in [0.25, 0.3) is 0 Å². The lowest BCUT2D eigenvalue weighted by molar-refractivity contribution is 0.291. The summed E-state index contributed by atoms with van der Waals surface area (Å²) in [7, 11) is 0. The maximum Gasteiger partial charge on any atom is 0.123 e. The minimum atomic E-state index is -0.148. The third-order valence-electron chi connectivity index (χ3n) is 4.12. The van der Waals surface area contributed by atoms with E-state index < -0.39 is 0 Å². The van der Waals surface area contributed by atoms with Gasteiger partial charge in [-0.3, -0.25) is 0 Å². The van der Waals surface area contributed by atoms with E-state index in [1.165, 1.54) is 5.56 Å². The summed E-state index contributed by atoms with van der Waals surface area (Å²) in [5, 5.41) is 0. The molecule has 20 heavy (non-hydrogen) atoms. The normalized spacial score (nSPS) is 17.6. The quantitative estimate of drug-likeness (QED) is 0.928. The Kier molecular flexibility index (Phi) is 3.09. The summed E-state index contributed by atoms with van der Waals surface area (Å²) >= 11 is 0. The Morgan fingerprint density at radius 1 is 1.30 bits per heavy atom. The maximum absolute atomic E-state index is 6.42. The summed E-state index contributed by atoms with van der Waals surface area (Å²) in [6, 6.07) is 8.09. The summed E-state index contributed by atoms with van der Waals surface area (Å²) in [6.45, 7) is 7.20. The van der Waals surface area contributed by atoms with Crippen molar-refractivity contribution >= 4 is 0 Å². The molecule has 2 heterocycles. The molecular formula is C17H21NO2. The maximum atomic E-state index is 6.42. The SMILES string of the molecule is CCc1occc1C(N)c1ccc2c(c1)C(C)(C)CO2. The van der Waals surface area contributed by atoms with Crippen LogP contribution in [0, 0.1) is 0 Å². The van der Waals surface area contributed by atoms with Crippen LogP contribution in [0.25, 0.3) is 0 Å². The summed E-state index contributed by atoms with van der Waals surface area (Å²) in [5.74, 6) is 1.95. The number of hydrogen-bond donors (Lipinski definition) is 1. The lowest BCUT2D eigenvalue weighted by Gasteiger charge is -2.18.